The van der Waals surface area contributed by atoms with Crippen LogP contribution in [0, 0.1) is 5.92 Å². The molecule has 1 fully saturated rings. The minimum absolute atomic E-state index is 0.524. The van der Waals surface area contributed by atoms with Gasteiger partial charge in [0, 0.05) is 6.54 Å². The summed E-state index contributed by atoms with van der Waals surface area (Å²) in [6.07, 6.45) is 8.01. The van der Waals surface area contributed by atoms with Gasteiger partial charge in [-0.25, -0.2) is 4.68 Å². The molecule has 1 aliphatic rings. The lowest BCUT2D eigenvalue weighted by Gasteiger charge is -2.25. The Morgan fingerprint density at radius 1 is 1.50 bits per heavy atom. The van der Waals surface area contributed by atoms with Crippen molar-refractivity contribution in [3.05, 3.63) is 11.4 Å². The summed E-state index contributed by atoms with van der Waals surface area (Å²) in [6, 6.07) is 0. The maximum atomic E-state index is 10.8. The number of carbonyl (C=O) groups is 1. The minimum Gasteiger partial charge on any atom is -0.296 e. The molecule has 1 heterocycles. The molecule has 1 saturated carbocycles. The Kier molecular flexibility index (Phi) is 3.70. The first-order valence-corrected chi connectivity index (χ1v) is 6.22. The Morgan fingerprint density at radius 2 is 2.31 bits per heavy atom. The summed E-state index contributed by atoms with van der Waals surface area (Å²) in [5.74, 6) is 0.873. The molecule has 1 aliphatic carbocycles. The lowest BCUT2D eigenvalue weighted by molar-refractivity contribution is 0.111. The Hall–Kier alpha value is -1.19. The Bertz CT molecular complexity index is 355. The Balaban J connectivity index is 2.00. The van der Waals surface area contributed by atoms with Crippen LogP contribution < -0.4 is 0 Å². The number of aryl methyl sites for hydroxylation is 1. The molecule has 0 aliphatic heterocycles. The average Bonchev–Trinajstić information content (AvgIpc) is 2.60. The van der Waals surface area contributed by atoms with Gasteiger partial charge in [0.25, 0.3) is 0 Å². The monoisotopic (exact) mass is 221 g/mol. The van der Waals surface area contributed by atoms with Crippen LogP contribution in [0.5, 0.6) is 0 Å². The third kappa shape index (κ3) is 2.31. The maximum absolute atomic E-state index is 10.8. The van der Waals surface area contributed by atoms with Crippen molar-refractivity contribution in [3.63, 3.8) is 0 Å². The van der Waals surface area contributed by atoms with Crippen molar-refractivity contribution < 1.29 is 4.79 Å². The molecule has 0 amide bonds. The highest BCUT2D eigenvalue weighted by atomic mass is 16.1. The summed E-state index contributed by atoms with van der Waals surface area (Å²) in [6.45, 7) is 3.03. The van der Waals surface area contributed by atoms with Crippen molar-refractivity contribution in [3.8, 4) is 0 Å². The Labute approximate surface area is 96.0 Å². The highest BCUT2D eigenvalue weighted by Crippen LogP contribution is 2.29. The molecular weight excluding hydrogens is 202 g/mol. The van der Waals surface area contributed by atoms with E-state index < -0.39 is 0 Å². The van der Waals surface area contributed by atoms with Crippen molar-refractivity contribution in [2.24, 2.45) is 5.92 Å². The zero-order valence-electron chi connectivity index (χ0n) is 9.85. The van der Waals surface area contributed by atoms with Gasteiger partial charge in [-0.15, -0.1) is 5.10 Å². The van der Waals surface area contributed by atoms with E-state index in [0.29, 0.717) is 5.69 Å². The first kappa shape index (κ1) is 11.3. The van der Waals surface area contributed by atoms with Crippen LogP contribution in [-0.4, -0.2) is 21.3 Å². The second kappa shape index (κ2) is 5.23. The molecule has 88 valence electrons. The fourth-order valence-electron chi connectivity index (χ4n) is 2.20. The summed E-state index contributed by atoms with van der Waals surface area (Å²) >= 11 is 0. The molecule has 0 aromatic carbocycles. The number of hydrogen-bond acceptors (Lipinski definition) is 3. The lowest BCUT2D eigenvalue weighted by Crippen LogP contribution is -2.15. The summed E-state index contributed by atoms with van der Waals surface area (Å²) in [5.41, 5.74) is 1.53. The van der Waals surface area contributed by atoms with Crippen LogP contribution >= 0.6 is 0 Å². The first-order chi connectivity index (χ1) is 7.85. The number of carbonyl (C=O) groups excluding carboxylic acids is 1. The van der Waals surface area contributed by atoms with Crippen LogP contribution in [0.25, 0.3) is 0 Å². The fraction of sp³-hybridized carbons (Fsp3) is 0.750. The van der Waals surface area contributed by atoms with Crippen molar-refractivity contribution in [2.45, 2.75) is 52.0 Å². The quantitative estimate of drug-likeness (QED) is 0.692. The van der Waals surface area contributed by atoms with Crippen molar-refractivity contribution in [2.75, 3.05) is 0 Å². The molecule has 0 saturated heterocycles. The average molecular weight is 221 g/mol. The number of nitrogens with zero attached hydrogens (tertiary/aromatic N) is 3. The smallest absolute Gasteiger partial charge is 0.172 e. The highest BCUT2D eigenvalue weighted by molar-refractivity contribution is 5.73. The second-order valence-electron chi connectivity index (χ2n) is 4.60. The Morgan fingerprint density at radius 3 is 2.88 bits per heavy atom. The van der Waals surface area contributed by atoms with Gasteiger partial charge in [-0.2, -0.15) is 0 Å². The molecule has 16 heavy (non-hydrogen) atoms. The predicted molar refractivity (Wildman–Crippen MR) is 61.4 cm³/mol. The lowest BCUT2D eigenvalue weighted by atomic mass is 9.83. The van der Waals surface area contributed by atoms with Gasteiger partial charge < -0.3 is 0 Å². The zero-order valence-corrected chi connectivity index (χ0v) is 9.85. The number of rotatable bonds is 6. The van der Waals surface area contributed by atoms with Crippen LogP contribution in [0.2, 0.25) is 0 Å². The van der Waals surface area contributed by atoms with Crippen LogP contribution in [-0.2, 0) is 13.0 Å². The van der Waals surface area contributed by atoms with E-state index >= 15 is 0 Å². The molecule has 4 nitrogen and oxygen atoms in total. The summed E-state index contributed by atoms with van der Waals surface area (Å²) in [7, 11) is 0. The third-order valence-electron chi connectivity index (χ3n) is 3.44. The van der Waals surface area contributed by atoms with Crippen LogP contribution in [0.4, 0.5) is 0 Å². The van der Waals surface area contributed by atoms with Gasteiger partial charge in [-0.05, 0) is 18.8 Å². The van der Waals surface area contributed by atoms with Crippen LogP contribution in [0.15, 0.2) is 0 Å². The molecule has 0 radical (unpaired) electrons. The van der Waals surface area contributed by atoms with E-state index in [9.17, 15) is 4.79 Å². The van der Waals surface area contributed by atoms with Gasteiger partial charge in [-0.3, -0.25) is 4.79 Å². The van der Waals surface area contributed by atoms with Crippen molar-refractivity contribution >= 4 is 6.29 Å². The molecule has 1 aromatic heterocycles. The third-order valence-corrected chi connectivity index (χ3v) is 3.44. The molecule has 0 unspecified atom stereocenters. The topological polar surface area (TPSA) is 47.8 Å². The van der Waals surface area contributed by atoms with Gasteiger partial charge in [0.15, 0.2) is 6.29 Å². The molecule has 0 N–H and O–H groups in total. The molecule has 2 rings (SSSR count). The van der Waals surface area contributed by atoms with Crippen LogP contribution in [0.3, 0.4) is 0 Å². The highest BCUT2D eigenvalue weighted by Gasteiger charge is 2.18. The van der Waals surface area contributed by atoms with E-state index in [1.54, 1.807) is 0 Å². The standard InChI is InChI=1S/C12H19N3O/c1-2-4-12-11(9-16)13-14-15(12)8-7-10-5-3-6-10/h9-10H,2-8H2,1H3. The second-order valence-corrected chi connectivity index (χ2v) is 4.60. The van der Waals surface area contributed by atoms with E-state index in [0.717, 1.165) is 37.3 Å². The van der Waals surface area contributed by atoms with Crippen molar-refractivity contribution in [1.29, 1.82) is 0 Å². The van der Waals surface area contributed by atoms with Gasteiger partial charge >= 0.3 is 0 Å². The zero-order chi connectivity index (χ0) is 11.4. The van der Waals surface area contributed by atoms with Crippen LogP contribution in [0.1, 0.15) is 55.2 Å². The number of aromatic nitrogens is 3. The summed E-state index contributed by atoms with van der Waals surface area (Å²) in [5, 5.41) is 7.99. The van der Waals surface area contributed by atoms with Gasteiger partial charge in [0.2, 0.25) is 0 Å². The van der Waals surface area contributed by atoms with E-state index in [-0.39, 0.29) is 0 Å². The number of hydrogen-bond donors (Lipinski definition) is 0. The van der Waals surface area contributed by atoms with Gasteiger partial charge in [0.05, 0.1) is 5.69 Å². The van der Waals surface area contributed by atoms with E-state index in [4.69, 9.17) is 0 Å². The summed E-state index contributed by atoms with van der Waals surface area (Å²) < 4.78 is 1.92. The number of aldehydes is 1. The van der Waals surface area contributed by atoms with Gasteiger partial charge in [-0.1, -0.05) is 37.8 Å². The fourth-order valence-corrected chi connectivity index (χ4v) is 2.20. The SMILES string of the molecule is CCCc1c(C=O)nnn1CCC1CCC1. The minimum atomic E-state index is 0.524. The molecule has 0 bridgehead atoms. The van der Waals surface area contributed by atoms with Gasteiger partial charge in [0.1, 0.15) is 5.69 Å². The molecular formula is C12H19N3O. The molecule has 0 atom stereocenters. The first-order valence-electron chi connectivity index (χ1n) is 6.22. The maximum Gasteiger partial charge on any atom is 0.172 e. The van der Waals surface area contributed by atoms with E-state index in [1.807, 2.05) is 4.68 Å². The van der Waals surface area contributed by atoms with Crippen molar-refractivity contribution in [1.82, 2.24) is 15.0 Å². The largest absolute Gasteiger partial charge is 0.296 e. The molecule has 0 spiro atoms. The predicted octanol–water partition coefficient (Wildman–Crippen LogP) is 2.23. The normalized spacial score (nSPS) is 16.1. The van der Waals surface area contributed by atoms with E-state index in [1.165, 1.54) is 25.7 Å². The molecule has 1 aromatic rings. The summed E-state index contributed by atoms with van der Waals surface area (Å²) in [4.78, 5) is 10.8. The molecule has 4 heteroatoms. The van der Waals surface area contributed by atoms with E-state index in [2.05, 4.69) is 17.2 Å².